The van der Waals surface area contributed by atoms with Crippen molar-refractivity contribution in [3.63, 3.8) is 0 Å². The first-order chi connectivity index (χ1) is 1.00. The third kappa shape index (κ3) is 9.16. The van der Waals surface area contributed by atoms with Crippen LogP contribution in [0.15, 0.2) is 0 Å². The van der Waals surface area contributed by atoms with E-state index in [1.165, 1.54) is 0 Å². The molecule has 0 nitrogen and oxygen atoms in total. The molecule has 0 amide bonds. The molecule has 18 valence electrons. The second-order valence-corrected chi connectivity index (χ2v) is 0. The fourth-order valence-corrected chi connectivity index (χ4v) is 0. The third-order valence-electron chi connectivity index (χ3n) is 0. The Kier molecular flexibility index (Phi) is 89.8. The molecule has 0 saturated heterocycles. The molecule has 0 aliphatic carbocycles. The fraction of sp³-hybridized carbons (Fsp3) is 0. The van der Waals surface area contributed by atoms with E-state index < -0.39 is 0 Å². The van der Waals surface area contributed by atoms with Crippen LogP contribution in [0.5, 0.6) is 0 Å². The summed E-state index contributed by atoms with van der Waals surface area (Å²) in [5.41, 5.74) is 0. The van der Waals surface area contributed by atoms with Crippen LogP contribution in [0.3, 0.4) is 0 Å². The van der Waals surface area contributed by atoms with E-state index >= 15 is 0 Å². The van der Waals surface area contributed by atoms with Crippen molar-refractivity contribution in [1.82, 2.24) is 0 Å². The summed E-state index contributed by atoms with van der Waals surface area (Å²) in [4.78, 5) is 0. The van der Waals surface area contributed by atoms with Gasteiger partial charge in [0, 0.05) is 0 Å². The molecule has 0 saturated carbocycles. The first-order valence-corrected chi connectivity index (χ1v) is 0. The molecule has 0 fully saturated rings. The van der Waals surface area contributed by atoms with Crippen LogP contribution in [-0.4, -0.2) is 23.9 Å². The van der Waals surface area contributed by atoms with E-state index in [0.717, 1.165) is 7.74 Å². The zero-order valence-electron chi connectivity index (χ0n) is 2.00. The molecule has 4 heavy (non-hydrogen) atoms. The van der Waals surface area contributed by atoms with E-state index in [4.69, 9.17) is 0 Å². The van der Waals surface area contributed by atoms with Crippen LogP contribution in [0.25, 0.3) is 0 Å². The van der Waals surface area contributed by atoms with E-state index in [9.17, 15) is 0 Å². The Bertz CT molecular complexity index is 3.25. The Hall–Kier alpha value is 1.83. The summed E-state index contributed by atoms with van der Waals surface area (Å²) in [5.74, 6) is 0. The molecule has 0 heterocycles. The van der Waals surface area contributed by atoms with Gasteiger partial charge in [0.25, 0.3) is 0 Å². The molecule has 0 atom stereocenters. The van der Waals surface area contributed by atoms with Gasteiger partial charge in [-0.1, -0.05) is 15.5 Å². The van der Waals surface area contributed by atoms with Crippen molar-refractivity contribution in [2.75, 3.05) is 0 Å². The molecule has 0 aromatic heterocycles. The zero-order chi connectivity index (χ0) is 2.00. The van der Waals surface area contributed by atoms with Gasteiger partial charge in [0.05, 0.1) is 8.41 Å². The van der Waals surface area contributed by atoms with Gasteiger partial charge in [0.1, 0.15) is 0 Å². The van der Waals surface area contributed by atoms with Crippen LogP contribution in [0.4, 0.5) is 0 Å². The van der Waals surface area contributed by atoms with Gasteiger partial charge < -0.3 is 0 Å². The maximum absolute atomic E-state index is 2.25. The van der Waals surface area contributed by atoms with Gasteiger partial charge in [-0.15, -0.1) is 0 Å². The van der Waals surface area contributed by atoms with Gasteiger partial charge in [0.2, 0.25) is 0 Å². The van der Waals surface area contributed by atoms with E-state index in [1.807, 2.05) is 0 Å². The Morgan fingerprint density at radius 2 is 1.25 bits per heavy atom. The summed E-state index contributed by atoms with van der Waals surface area (Å²) in [7, 11) is 3.00. The summed E-state index contributed by atoms with van der Waals surface area (Å²) in [5, 5.41) is 0. The average Bonchev–Trinajstić information content (AvgIpc) is 1.00. The maximum atomic E-state index is 2.25. The molecular weight excluding hydrogens is 71.5 g/mol. The minimum Gasteiger partial charge on any atom is -0.0734 e. The van der Waals surface area contributed by atoms with Crippen molar-refractivity contribution >= 4 is 23.9 Å². The minimum atomic E-state index is 0. The molecule has 0 aliphatic heterocycles. The Morgan fingerprint density at radius 1 is 1.25 bits per heavy atom. The topological polar surface area (TPSA) is 0 Å². The molecule has 0 rings (SSSR count). The SMILES string of the molecule is B.B[BH3-].[K+]. The van der Waals surface area contributed by atoms with Crippen LogP contribution < -0.4 is 51.4 Å². The fourth-order valence-electron chi connectivity index (χ4n) is 0. The Balaban J connectivity index is -0.00000000500. The second-order valence-electron chi connectivity index (χ2n) is 0. The monoisotopic (exact) mass is 80.1 g/mol. The molecule has 0 aromatic carbocycles. The minimum absolute atomic E-state index is 0. The predicted molar refractivity (Wildman–Crippen MR) is 28.4 cm³/mol. The Labute approximate surface area is 73.9 Å². The molecule has 0 N–H and O–H groups in total. The van der Waals surface area contributed by atoms with Gasteiger partial charge in [-0.25, -0.2) is 0 Å². The number of hydrogen-bond donors (Lipinski definition) is 0. The van der Waals surface area contributed by atoms with Gasteiger partial charge in [-0.3, -0.25) is 0 Å². The van der Waals surface area contributed by atoms with Crippen molar-refractivity contribution in [2.24, 2.45) is 0 Å². The smallest absolute Gasteiger partial charge is 0.0734 e. The van der Waals surface area contributed by atoms with Crippen molar-refractivity contribution in [3.05, 3.63) is 0 Å². The van der Waals surface area contributed by atoms with E-state index in [-0.39, 0.29) is 59.8 Å². The van der Waals surface area contributed by atoms with E-state index in [2.05, 4.69) is 7.74 Å². The number of hydrogen-bond acceptors (Lipinski definition) is 0. The number of rotatable bonds is 0. The summed E-state index contributed by atoms with van der Waals surface area (Å²) < 4.78 is 0. The summed E-state index contributed by atoms with van der Waals surface area (Å²) in [6.45, 7) is 0. The molecule has 0 aliphatic rings. The quantitative estimate of drug-likeness (QED) is 0.254. The van der Waals surface area contributed by atoms with Gasteiger partial charge in [0.15, 0.2) is 0 Å². The molecule has 0 unspecified atom stereocenters. The molecule has 0 aromatic rings. The first-order valence-electron chi connectivity index (χ1n) is 0. The predicted octanol–water partition coefficient (Wildman–Crippen LogP) is -6.28. The van der Waals surface area contributed by atoms with E-state index in [0.29, 0.717) is 0 Å². The van der Waals surface area contributed by atoms with Crippen molar-refractivity contribution < 1.29 is 51.4 Å². The standard InChI is InChI=1S/B2H5.BH3.K/c1-2;;/h1H2,2H3;1H3;/q-1;;+1. The van der Waals surface area contributed by atoms with E-state index in [1.54, 1.807) is 0 Å². The van der Waals surface area contributed by atoms with Gasteiger partial charge in [-0.2, -0.15) is 0 Å². The summed E-state index contributed by atoms with van der Waals surface area (Å²) in [6, 6.07) is 0. The third-order valence-corrected chi connectivity index (χ3v) is 0. The van der Waals surface area contributed by atoms with Crippen LogP contribution >= 0.6 is 0 Å². The normalized spacial score (nSPS) is 1.25. The summed E-state index contributed by atoms with van der Waals surface area (Å²) in [6.07, 6.45) is 0. The molecular formula is H8B3K. The van der Waals surface area contributed by atoms with Crippen molar-refractivity contribution in [2.45, 2.75) is 0 Å². The average molecular weight is 79.6 g/mol. The largest absolute Gasteiger partial charge is 1.00 e. The van der Waals surface area contributed by atoms with Crippen molar-refractivity contribution in [1.29, 1.82) is 0 Å². The molecule has 0 bridgehead atoms. The van der Waals surface area contributed by atoms with Crippen LogP contribution in [0, 0.1) is 0 Å². The Morgan fingerprint density at radius 3 is 1.25 bits per heavy atom. The maximum Gasteiger partial charge on any atom is 1.00 e. The van der Waals surface area contributed by atoms with Gasteiger partial charge in [-0.05, 0) is 0 Å². The van der Waals surface area contributed by atoms with Crippen LogP contribution in [0.2, 0.25) is 0 Å². The van der Waals surface area contributed by atoms with Crippen LogP contribution in [-0.2, 0) is 0 Å². The summed E-state index contributed by atoms with van der Waals surface area (Å²) >= 11 is 0. The second kappa shape index (κ2) is 21.1. The molecule has 0 spiro atoms. The zero-order valence-corrected chi connectivity index (χ0v) is 5.12. The first kappa shape index (κ1) is 17.0. The van der Waals surface area contributed by atoms with Crippen LogP contribution in [0.1, 0.15) is 0 Å². The van der Waals surface area contributed by atoms with Crippen molar-refractivity contribution in [3.8, 4) is 0 Å². The van der Waals surface area contributed by atoms with Gasteiger partial charge >= 0.3 is 51.4 Å². The molecule has 0 radical (unpaired) electrons. The molecule has 4 heteroatoms.